The average Bonchev–Trinajstić information content (AvgIpc) is 2.19. The van der Waals surface area contributed by atoms with Crippen molar-refractivity contribution in [1.29, 1.82) is 0 Å². The predicted octanol–water partition coefficient (Wildman–Crippen LogP) is 2.85. The van der Waals surface area contributed by atoms with Gasteiger partial charge in [-0.2, -0.15) is 13.2 Å². The van der Waals surface area contributed by atoms with Gasteiger partial charge in [-0.15, -0.1) is 0 Å². The number of carbonyl (C=O) groups is 1. The Kier molecular flexibility index (Phi) is 3.93. The van der Waals surface area contributed by atoms with Gasteiger partial charge in [0, 0.05) is 12.0 Å². The van der Waals surface area contributed by atoms with Gasteiger partial charge in [0.15, 0.2) is 0 Å². The third-order valence-electron chi connectivity index (χ3n) is 1.99. The number of ether oxygens (including phenoxy) is 1. The maximum atomic E-state index is 12.4. The molecule has 2 nitrogen and oxygen atoms in total. The molecule has 0 heterocycles. The number of benzene rings is 1. The lowest BCUT2D eigenvalue weighted by Crippen LogP contribution is -2.07. The third-order valence-corrected chi connectivity index (χ3v) is 1.99. The summed E-state index contributed by atoms with van der Waals surface area (Å²) in [6.45, 7) is 2.07. The first kappa shape index (κ1) is 12.5. The van der Waals surface area contributed by atoms with Gasteiger partial charge in [0.05, 0.1) is 12.2 Å². The summed E-state index contributed by atoms with van der Waals surface area (Å²) in [7, 11) is 0. The molecule has 0 unspecified atom stereocenters. The SMILES string of the molecule is CCOc1ccc(C(F)(F)F)cc1CC=O. The molecule has 0 bridgehead atoms. The predicted molar refractivity (Wildman–Crippen MR) is 52.4 cm³/mol. The molecule has 0 aliphatic carbocycles. The van der Waals surface area contributed by atoms with Crippen LogP contribution in [0.1, 0.15) is 18.1 Å². The molecule has 1 aromatic rings. The van der Waals surface area contributed by atoms with Crippen LogP contribution in [0.15, 0.2) is 18.2 Å². The van der Waals surface area contributed by atoms with Crippen LogP contribution in [0.25, 0.3) is 0 Å². The first-order chi connectivity index (χ1) is 7.49. The van der Waals surface area contributed by atoms with E-state index in [1.807, 2.05) is 0 Å². The monoisotopic (exact) mass is 232 g/mol. The van der Waals surface area contributed by atoms with Crippen molar-refractivity contribution in [2.45, 2.75) is 19.5 Å². The Morgan fingerprint density at radius 1 is 1.38 bits per heavy atom. The average molecular weight is 232 g/mol. The number of alkyl halides is 3. The van der Waals surface area contributed by atoms with Gasteiger partial charge >= 0.3 is 6.18 Å². The van der Waals surface area contributed by atoms with Crippen molar-refractivity contribution in [3.05, 3.63) is 29.3 Å². The number of hydrogen-bond donors (Lipinski definition) is 0. The standard InChI is InChI=1S/C11H11F3O2/c1-2-16-10-4-3-9(11(12,13)14)7-8(10)5-6-15/h3-4,6-7H,2,5H2,1H3. The Morgan fingerprint density at radius 3 is 2.56 bits per heavy atom. The lowest BCUT2D eigenvalue weighted by Gasteiger charge is -2.12. The number of aldehydes is 1. The molecule has 1 rings (SSSR count). The largest absolute Gasteiger partial charge is 0.494 e. The number of halogens is 3. The minimum atomic E-state index is -4.40. The van der Waals surface area contributed by atoms with Crippen LogP contribution >= 0.6 is 0 Å². The van der Waals surface area contributed by atoms with Crippen LogP contribution in [0, 0.1) is 0 Å². The van der Waals surface area contributed by atoms with E-state index in [-0.39, 0.29) is 12.0 Å². The van der Waals surface area contributed by atoms with Gasteiger partial charge in [-0.1, -0.05) is 0 Å². The molecule has 0 saturated heterocycles. The molecule has 0 radical (unpaired) electrons. The van der Waals surface area contributed by atoms with E-state index in [0.717, 1.165) is 12.1 Å². The maximum absolute atomic E-state index is 12.4. The molecule has 0 amide bonds. The van der Waals surface area contributed by atoms with Crippen molar-refractivity contribution in [1.82, 2.24) is 0 Å². The second kappa shape index (κ2) is 5.01. The van der Waals surface area contributed by atoms with Gasteiger partial charge in [-0.25, -0.2) is 0 Å². The summed E-state index contributed by atoms with van der Waals surface area (Å²) < 4.78 is 42.3. The third kappa shape index (κ3) is 2.98. The van der Waals surface area contributed by atoms with Crippen molar-refractivity contribution >= 4 is 6.29 Å². The number of rotatable bonds is 4. The van der Waals surface area contributed by atoms with E-state index < -0.39 is 11.7 Å². The van der Waals surface area contributed by atoms with E-state index in [1.54, 1.807) is 6.92 Å². The molecule has 0 aliphatic rings. The highest BCUT2D eigenvalue weighted by molar-refractivity contribution is 5.58. The van der Waals surface area contributed by atoms with Gasteiger partial charge in [0.2, 0.25) is 0 Å². The van der Waals surface area contributed by atoms with E-state index in [9.17, 15) is 18.0 Å². The Morgan fingerprint density at radius 2 is 2.06 bits per heavy atom. The minimum absolute atomic E-state index is 0.0841. The summed E-state index contributed by atoms with van der Waals surface area (Å²) in [6, 6.07) is 3.13. The smallest absolute Gasteiger partial charge is 0.416 e. The summed E-state index contributed by atoms with van der Waals surface area (Å²) in [4.78, 5) is 10.4. The van der Waals surface area contributed by atoms with Crippen molar-refractivity contribution in [3.8, 4) is 5.75 Å². The first-order valence-corrected chi connectivity index (χ1v) is 4.75. The van der Waals surface area contributed by atoms with E-state index in [2.05, 4.69) is 0 Å². The Labute approximate surface area is 91.0 Å². The molecule has 1 aromatic carbocycles. The molecule has 5 heteroatoms. The summed E-state index contributed by atoms with van der Waals surface area (Å²) >= 11 is 0. The molecule has 0 N–H and O–H groups in total. The molecular formula is C11H11F3O2. The van der Waals surface area contributed by atoms with Gasteiger partial charge in [-0.3, -0.25) is 0 Å². The zero-order valence-corrected chi connectivity index (χ0v) is 8.67. The highest BCUT2D eigenvalue weighted by Gasteiger charge is 2.31. The van der Waals surface area contributed by atoms with Crippen molar-refractivity contribution < 1.29 is 22.7 Å². The van der Waals surface area contributed by atoms with Crippen LogP contribution in [0.5, 0.6) is 5.75 Å². The molecule has 0 atom stereocenters. The fourth-order valence-corrected chi connectivity index (χ4v) is 1.30. The summed E-state index contributed by atoms with van der Waals surface area (Å²) in [6.07, 6.45) is -3.93. The highest BCUT2D eigenvalue weighted by atomic mass is 19.4. The van der Waals surface area contributed by atoms with Gasteiger partial charge in [0.1, 0.15) is 12.0 Å². The molecule has 16 heavy (non-hydrogen) atoms. The van der Waals surface area contributed by atoms with Crippen molar-refractivity contribution in [3.63, 3.8) is 0 Å². The zero-order chi connectivity index (χ0) is 12.2. The molecule has 0 aliphatic heterocycles. The summed E-state index contributed by atoms with van der Waals surface area (Å²) in [5.74, 6) is 0.322. The fraction of sp³-hybridized carbons (Fsp3) is 0.364. The second-order valence-electron chi connectivity index (χ2n) is 3.12. The van der Waals surface area contributed by atoms with Crippen molar-refractivity contribution in [2.24, 2.45) is 0 Å². The van der Waals surface area contributed by atoms with E-state index >= 15 is 0 Å². The van der Waals surface area contributed by atoms with Crippen LogP contribution in [-0.2, 0) is 17.4 Å². The lowest BCUT2D eigenvalue weighted by atomic mass is 10.1. The Bertz CT molecular complexity index is 372. The first-order valence-electron chi connectivity index (χ1n) is 4.75. The second-order valence-corrected chi connectivity index (χ2v) is 3.12. The minimum Gasteiger partial charge on any atom is -0.494 e. The summed E-state index contributed by atoms with van der Waals surface area (Å²) in [5, 5.41) is 0. The van der Waals surface area contributed by atoms with Crippen LogP contribution in [0.2, 0.25) is 0 Å². The molecule has 0 fully saturated rings. The van der Waals surface area contributed by atoms with E-state index in [4.69, 9.17) is 4.74 Å². The van der Waals surface area contributed by atoms with E-state index in [0.29, 0.717) is 18.6 Å². The Hall–Kier alpha value is -1.52. The van der Waals surface area contributed by atoms with Gasteiger partial charge < -0.3 is 9.53 Å². The number of hydrogen-bond acceptors (Lipinski definition) is 2. The molecule has 0 spiro atoms. The van der Waals surface area contributed by atoms with Crippen LogP contribution in [0.3, 0.4) is 0 Å². The molecule has 0 saturated carbocycles. The van der Waals surface area contributed by atoms with E-state index in [1.165, 1.54) is 6.07 Å². The van der Waals surface area contributed by atoms with Gasteiger partial charge in [-0.05, 0) is 25.1 Å². The van der Waals surface area contributed by atoms with Crippen LogP contribution < -0.4 is 4.74 Å². The topological polar surface area (TPSA) is 26.3 Å². The number of carbonyl (C=O) groups excluding carboxylic acids is 1. The molecule has 88 valence electrons. The quantitative estimate of drug-likeness (QED) is 0.746. The highest BCUT2D eigenvalue weighted by Crippen LogP contribution is 2.32. The van der Waals surface area contributed by atoms with Crippen LogP contribution in [-0.4, -0.2) is 12.9 Å². The normalized spacial score (nSPS) is 11.2. The fourth-order valence-electron chi connectivity index (χ4n) is 1.30. The van der Waals surface area contributed by atoms with Crippen LogP contribution in [0.4, 0.5) is 13.2 Å². The van der Waals surface area contributed by atoms with Crippen molar-refractivity contribution in [2.75, 3.05) is 6.61 Å². The maximum Gasteiger partial charge on any atom is 0.416 e. The summed E-state index contributed by atoms with van der Waals surface area (Å²) in [5.41, 5.74) is -0.514. The van der Waals surface area contributed by atoms with Gasteiger partial charge in [0.25, 0.3) is 0 Å². The lowest BCUT2D eigenvalue weighted by molar-refractivity contribution is -0.137. The molecule has 0 aromatic heterocycles. The Balaban J connectivity index is 3.11. The molecular weight excluding hydrogens is 221 g/mol. The zero-order valence-electron chi connectivity index (χ0n) is 8.67.